The molecular formula is C50H37N5S. The molecule has 6 aromatic carbocycles. The van der Waals surface area contributed by atoms with Crippen LogP contribution in [0.15, 0.2) is 158 Å². The Kier molecular flexibility index (Phi) is 7.92. The molecule has 0 saturated heterocycles. The molecule has 9 aromatic rings. The van der Waals surface area contributed by atoms with Gasteiger partial charge in [-0.15, -0.1) is 11.3 Å². The zero-order valence-corrected chi connectivity index (χ0v) is 31.6. The molecule has 3 heterocycles. The highest BCUT2D eigenvalue weighted by Gasteiger charge is 2.45. The third-order valence-corrected chi connectivity index (χ3v) is 13.2. The van der Waals surface area contributed by atoms with Crippen LogP contribution < -0.4 is 0 Å². The molecule has 2 aliphatic rings. The van der Waals surface area contributed by atoms with Gasteiger partial charge in [0.2, 0.25) is 0 Å². The van der Waals surface area contributed by atoms with Crippen LogP contribution in [-0.2, 0) is 5.41 Å². The van der Waals surface area contributed by atoms with Crippen LogP contribution in [0.1, 0.15) is 37.7 Å². The fourth-order valence-corrected chi connectivity index (χ4v) is 10.2. The van der Waals surface area contributed by atoms with E-state index in [1.807, 2.05) is 47.7 Å². The van der Waals surface area contributed by atoms with Crippen LogP contribution in [0, 0.1) is 5.92 Å². The number of hydrogen-bond donors (Lipinski definition) is 0. The van der Waals surface area contributed by atoms with Crippen molar-refractivity contribution in [1.29, 1.82) is 0 Å². The van der Waals surface area contributed by atoms with E-state index in [2.05, 4.69) is 121 Å². The molecule has 0 amide bonds. The molecule has 0 N–H and O–H groups in total. The van der Waals surface area contributed by atoms with Crippen LogP contribution in [0.5, 0.6) is 0 Å². The number of thiophene rings is 1. The van der Waals surface area contributed by atoms with Crippen molar-refractivity contribution in [1.82, 2.24) is 24.9 Å². The molecule has 3 aromatic heterocycles. The third-order valence-electron chi connectivity index (χ3n) is 12.0. The molecule has 0 aliphatic heterocycles. The zero-order chi connectivity index (χ0) is 37.1. The Bertz CT molecular complexity index is 2890. The lowest BCUT2D eigenvalue weighted by atomic mass is 9.77. The van der Waals surface area contributed by atoms with E-state index in [0.717, 1.165) is 50.7 Å². The lowest BCUT2D eigenvalue weighted by Crippen LogP contribution is -2.19. The summed E-state index contributed by atoms with van der Waals surface area (Å²) in [5, 5.41) is 2.51. The Balaban J connectivity index is 1.02. The van der Waals surface area contributed by atoms with Crippen molar-refractivity contribution in [3.05, 3.63) is 163 Å². The second-order valence-corrected chi connectivity index (χ2v) is 16.5. The first-order chi connectivity index (χ1) is 27.6. The third kappa shape index (κ3) is 5.89. The Hall–Kier alpha value is -6.37. The van der Waals surface area contributed by atoms with E-state index in [1.54, 1.807) is 0 Å². The van der Waals surface area contributed by atoms with Gasteiger partial charge in [-0.05, 0) is 79.3 Å². The van der Waals surface area contributed by atoms with Crippen LogP contribution in [-0.4, -0.2) is 24.9 Å². The van der Waals surface area contributed by atoms with E-state index in [1.165, 1.54) is 57.8 Å². The van der Waals surface area contributed by atoms with Crippen molar-refractivity contribution in [3.63, 3.8) is 0 Å². The summed E-state index contributed by atoms with van der Waals surface area (Å²) in [5.74, 6) is 3.53. The molecule has 2 saturated carbocycles. The minimum Gasteiger partial charge on any atom is -0.228 e. The van der Waals surface area contributed by atoms with Crippen LogP contribution in [0.3, 0.4) is 0 Å². The first-order valence-corrected chi connectivity index (χ1v) is 20.4. The summed E-state index contributed by atoms with van der Waals surface area (Å²) in [6.07, 6.45) is 6.68. The number of rotatable bonds is 7. The van der Waals surface area contributed by atoms with E-state index >= 15 is 0 Å². The van der Waals surface area contributed by atoms with Gasteiger partial charge in [-0.2, -0.15) is 0 Å². The fourth-order valence-electron chi connectivity index (χ4n) is 9.08. The minimum atomic E-state index is 0.357. The Morgan fingerprint density at radius 1 is 0.411 bits per heavy atom. The smallest absolute Gasteiger partial charge is 0.164 e. The number of fused-ring (bicyclic) bond motifs is 5. The highest BCUT2D eigenvalue weighted by atomic mass is 32.1. The molecule has 56 heavy (non-hydrogen) atoms. The maximum absolute atomic E-state index is 5.16. The number of aromatic nitrogens is 5. The van der Waals surface area contributed by atoms with Gasteiger partial charge in [0.05, 0.1) is 11.4 Å². The predicted molar refractivity (Wildman–Crippen MR) is 229 cm³/mol. The molecule has 11 rings (SSSR count). The van der Waals surface area contributed by atoms with Gasteiger partial charge in [0, 0.05) is 53.6 Å². The van der Waals surface area contributed by atoms with Crippen LogP contribution >= 0.6 is 11.3 Å². The van der Waals surface area contributed by atoms with E-state index in [4.69, 9.17) is 24.9 Å². The van der Waals surface area contributed by atoms with Gasteiger partial charge < -0.3 is 0 Å². The summed E-state index contributed by atoms with van der Waals surface area (Å²) < 4.78 is 2.55. The molecular weight excluding hydrogens is 703 g/mol. The van der Waals surface area contributed by atoms with E-state index in [0.29, 0.717) is 28.7 Å². The lowest BCUT2D eigenvalue weighted by molar-refractivity contribution is 0.419. The molecule has 6 heteroatoms. The minimum absolute atomic E-state index is 0.357. The Labute approximate surface area is 329 Å². The molecule has 0 radical (unpaired) electrons. The van der Waals surface area contributed by atoms with Crippen molar-refractivity contribution in [2.75, 3.05) is 0 Å². The van der Waals surface area contributed by atoms with Crippen LogP contribution in [0.4, 0.5) is 0 Å². The molecule has 0 spiro atoms. The van der Waals surface area contributed by atoms with Gasteiger partial charge >= 0.3 is 0 Å². The van der Waals surface area contributed by atoms with Gasteiger partial charge in [-0.1, -0.05) is 127 Å². The van der Waals surface area contributed by atoms with E-state index in [-0.39, 0.29) is 0 Å². The Morgan fingerprint density at radius 2 is 0.929 bits per heavy atom. The van der Waals surface area contributed by atoms with Gasteiger partial charge in [-0.3, -0.25) is 0 Å². The summed E-state index contributed by atoms with van der Waals surface area (Å²) >= 11 is 1.82. The van der Waals surface area contributed by atoms with Gasteiger partial charge in [-0.25, -0.2) is 24.9 Å². The van der Waals surface area contributed by atoms with Crippen molar-refractivity contribution in [3.8, 4) is 68.1 Å². The first kappa shape index (κ1) is 33.0. The van der Waals surface area contributed by atoms with E-state index in [9.17, 15) is 0 Å². The lowest BCUT2D eigenvalue weighted by Gasteiger charge is -2.27. The summed E-state index contributed by atoms with van der Waals surface area (Å²) in [5.41, 5.74) is 9.36. The molecule has 2 fully saturated rings. The maximum atomic E-state index is 5.16. The fraction of sp³-hybridized carbons (Fsp3) is 0.140. The van der Waals surface area contributed by atoms with Gasteiger partial charge in [0.25, 0.3) is 0 Å². The molecule has 268 valence electrons. The largest absolute Gasteiger partial charge is 0.228 e. The maximum Gasteiger partial charge on any atom is 0.164 e. The topological polar surface area (TPSA) is 64.5 Å². The second-order valence-electron chi connectivity index (χ2n) is 15.4. The zero-order valence-electron chi connectivity index (χ0n) is 30.8. The first-order valence-electron chi connectivity index (χ1n) is 19.5. The summed E-state index contributed by atoms with van der Waals surface area (Å²) in [6.45, 7) is 0. The van der Waals surface area contributed by atoms with Crippen molar-refractivity contribution >= 4 is 31.5 Å². The standard InChI is InChI=1S/C50H37N5S/c1-3-10-33(11-4-1)46-51-42(30-43(52-46)37-20-23-45-41(29-37)40-16-7-8-17-44(40)56-45)36-14-9-15-38(28-36)49-54-47(34-12-5-2-6-13-34)53-48(55-49)35-18-21-39(22-19-35)50-26-24-32(31-50)25-27-50/h1-23,28-30,32H,24-27,31H2. The highest BCUT2D eigenvalue weighted by molar-refractivity contribution is 7.25. The summed E-state index contributed by atoms with van der Waals surface area (Å²) in [7, 11) is 0. The van der Waals surface area contributed by atoms with Crippen molar-refractivity contribution in [2.24, 2.45) is 5.92 Å². The van der Waals surface area contributed by atoms with Gasteiger partial charge in [0.1, 0.15) is 0 Å². The molecule has 5 nitrogen and oxygen atoms in total. The molecule has 0 unspecified atom stereocenters. The molecule has 0 atom stereocenters. The van der Waals surface area contributed by atoms with E-state index < -0.39 is 0 Å². The average molecular weight is 740 g/mol. The second kappa shape index (κ2) is 13.4. The number of nitrogens with zero attached hydrogens (tertiary/aromatic N) is 5. The SMILES string of the molecule is c1ccc(-c2nc(-c3cccc(-c4nc(-c5ccccc5)nc(-c5ccc(C67CCC(CC6)C7)cc5)n4)c3)cc(-c3ccc4sc5ccccc5c4c3)n2)cc1. The summed E-state index contributed by atoms with van der Waals surface area (Å²) in [4.78, 5) is 25.5. The van der Waals surface area contributed by atoms with Crippen LogP contribution in [0.25, 0.3) is 88.2 Å². The van der Waals surface area contributed by atoms with Crippen molar-refractivity contribution in [2.45, 2.75) is 37.5 Å². The molecule has 2 aliphatic carbocycles. The quantitative estimate of drug-likeness (QED) is 0.163. The van der Waals surface area contributed by atoms with Crippen molar-refractivity contribution < 1.29 is 0 Å². The monoisotopic (exact) mass is 739 g/mol. The predicted octanol–water partition coefficient (Wildman–Crippen LogP) is 12.9. The molecule has 2 bridgehead atoms. The Morgan fingerprint density at radius 3 is 1.59 bits per heavy atom. The normalized spacial score (nSPS) is 17.5. The number of benzene rings is 6. The van der Waals surface area contributed by atoms with Crippen LogP contribution in [0.2, 0.25) is 0 Å². The summed E-state index contributed by atoms with van der Waals surface area (Å²) in [6, 6.07) is 55.2. The average Bonchev–Trinajstić information content (AvgIpc) is 4.01. The number of hydrogen-bond acceptors (Lipinski definition) is 6. The highest BCUT2D eigenvalue weighted by Crippen LogP contribution is 2.55. The van der Waals surface area contributed by atoms with Gasteiger partial charge in [0.15, 0.2) is 23.3 Å².